The van der Waals surface area contributed by atoms with E-state index in [0.717, 1.165) is 76.4 Å². The SMILES string of the molecule is CCOC(CCNC(=NCC1CCOC1)NCCc1ccco1)C1CCCC1. The zero-order valence-corrected chi connectivity index (χ0v) is 17.3. The van der Waals surface area contributed by atoms with Gasteiger partial charge in [0.1, 0.15) is 5.76 Å². The molecule has 0 bridgehead atoms. The first kappa shape index (κ1) is 21.2. The van der Waals surface area contributed by atoms with E-state index >= 15 is 0 Å². The van der Waals surface area contributed by atoms with Gasteiger partial charge in [-0.25, -0.2) is 0 Å². The molecule has 1 aliphatic heterocycles. The Kier molecular flexibility index (Phi) is 9.17. The van der Waals surface area contributed by atoms with Crippen molar-refractivity contribution < 1.29 is 13.9 Å². The van der Waals surface area contributed by atoms with Crippen molar-refractivity contribution in [3.05, 3.63) is 24.2 Å². The molecule has 6 heteroatoms. The van der Waals surface area contributed by atoms with E-state index in [1.165, 1.54) is 25.7 Å². The molecular weight excluding hydrogens is 354 g/mol. The lowest BCUT2D eigenvalue weighted by Gasteiger charge is -2.24. The maximum Gasteiger partial charge on any atom is 0.191 e. The summed E-state index contributed by atoms with van der Waals surface area (Å²) < 4.78 is 16.9. The molecular formula is C22H37N3O3. The zero-order valence-electron chi connectivity index (χ0n) is 17.3. The predicted octanol–water partition coefficient (Wildman–Crippen LogP) is 3.38. The average molecular weight is 392 g/mol. The van der Waals surface area contributed by atoms with E-state index in [4.69, 9.17) is 18.9 Å². The van der Waals surface area contributed by atoms with Crippen molar-refractivity contribution in [3.8, 4) is 0 Å². The average Bonchev–Trinajstić information content (AvgIpc) is 3.48. The van der Waals surface area contributed by atoms with Gasteiger partial charge >= 0.3 is 0 Å². The molecule has 3 rings (SSSR count). The van der Waals surface area contributed by atoms with Crippen molar-refractivity contribution in [1.82, 2.24) is 10.6 Å². The van der Waals surface area contributed by atoms with Crippen molar-refractivity contribution in [3.63, 3.8) is 0 Å². The molecule has 1 aliphatic carbocycles. The first-order chi connectivity index (χ1) is 13.8. The topological polar surface area (TPSA) is 68.0 Å². The number of hydrogen-bond donors (Lipinski definition) is 2. The molecule has 2 fully saturated rings. The predicted molar refractivity (Wildman–Crippen MR) is 112 cm³/mol. The molecule has 0 radical (unpaired) electrons. The molecule has 28 heavy (non-hydrogen) atoms. The number of rotatable bonds is 11. The second-order valence-corrected chi connectivity index (χ2v) is 7.93. The Hall–Kier alpha value is -1.53. The summed E-state index contributed by atoms with van der Waals surface area (Å²) in [5, 5.41) is 6.98. The van der Waals surface area contributed by atoms with Gasteiger partial charge in [0, 0.05) is 45.2 Å². The van der Waals surface area contributed by atoms with E-state index in [1.807, 2.05) is 12.1 Å². The summed E-state index contributed by atoms with van der Waals surface area (Å²) in [6.07, 6.45) is 10.4. The van der Waals surface area contributed by atoms with Crippen LogP contribution in [0.25, 0.3) is 0 Å². The lowest BCUT2D eigenvalue weighted by molar-refractivity contribution is 0.0169. The fraction of sp³-hybridized carbons (Fsp3) is 0.773. The van der Waals surface area contributed by atoms with E-state index in [0.29, 0.717) is 12.0 Å². The van der Waals surface area contributed by atoms with E-state index in [-0.39, 0.29) is 0 Å². The Labute approximate surface area is 169 Å². The van der Waals surface area contributed by atoms with Crippen LogP contribution in [0.15, 0.2) is 27.8 Å². The summed E-state index contributed by atoms with van der Waals surface area (Å²) in [4.78, 5) is 4.81. The van der Waals surface area contributed by atoms with Crippen molar-refractivity contribution in [2.24, 2.45) is 16.8 Å². The van der Waals surface area contributed by atoms with Crippen LogP contribution in [-0.4, -0.2) is 51.5 Å². The fourth-order valence-electron chi connectivity index (χ4n) is 4.21. The van der Waals surface area contributed by atoms with Crippen LogP contribution in [0, 0.1) is 11.8 Å². The highest BCUT2D eigenvalue weighted by Crippen LogP contribution is 2.30. The number of nitrogens with one attached hydrogen (secondary N) is 2. The highest BCUT2D eigenvalue weighted by atomic mass is 16.5. The minimum atomic E-state index is 0.368. The molecule has 2 unspecified atom stereocenters. The van der Waals surface area contributed by atoms with E-state index in [1.54, 1.807) is 6.26 Å². The smallest absolute Gasteiger partial charge is 0.191 e. The molecule has 2 heterocycles. The highest BCUT2D eigenvalue weighted by molar-refractivity contribution is 5.79. The monoisotopic (exact) mass is 391 g/mol. The van der Waals surface area contributed by atoms with Crippen LogP contribution < -0.4 is 10.6 Å². The number of ether oxygens (including phenoxy) is 2. The molecule has 1 aromatic heterocycles. The van der Waals surface area contributed by atoms with E-state index in [2.05, 4.69) is 17.6 Å². The number of aliphatic imine (C=N–C) groups is 1. The molecule has 0 amide bonds. The van der Waals surface area contributed by atoms with Gasteiger partial charge in [-0.1, -0.05) is 12.8 Å². The molecule has 2 N–H and O–H groups in total. The third-order valence-corrected chi connectivity index (χ3v) is 5.80. The summed E-state index contributed by atoms with van der Waals surface area (Å²) in [6, 6.07) is 3.94. The summed E-state index contributed by atoms with van der Waals surface area (Å²) in [5.74, 6) is 3.15. The zero-order chi connectivity index (χ0) is 19.4. The number of furan rings is 1. The van der Waals surface area contributed by atoms with Gasteiger partial charge in [0.25, 0.3) is 0 Å². The van der Waals surface area contributed by atoms with Gasteiger partial charge in [-0.3, -0.25) is 4.99 Å². The van der Waals surface area contributed by atoms with Crippen LogP contribution in [0.5, 0.6) is 0 Å². The van der Waals surface area contributed by atoms with Crippen LogP contribution in [0.1, 0.15) is 51.2 Å². The van der Waals surface area contributed by atoms with Crippen LogP contribution in [-0.2, 0) is 15.9 Å². The van der Waals surface area contributed by atoms with E-state index < -0.39 is 0 Å². The number of guanidine groups is 1. The molecule has 1 aromatic rings. The summed E-state index contributed by atoms with van der Waals surface area (Å²) in [6.45, 7) is 7.09. The molecule has 0 aromatic carbocycles. The van der Waals surface area contributed by atoms with Crippen molar-refractivity contribution in [2.45, 2.75) is 58.0 Å². The Balaban J connectivity index is 1.45. The highest BCUT2D eigenvalue weighted by Gasteiger charge is 2.25. The van der Waals surface area contributed by atoms with Crippen molar-refractivity contribution in [1.29, 1.82) is 0 Å². The quantitative estimate of drug-likeness (QED) is 0.447. The number of nitrogens with zero attached hydrogens (tertiary/aromatic N) is 1. The first-order valence-corrected chi connectivity index (χ1v) is 11.1. The van der Waals surface area contributed by atoms with Crippen LogP contribution in [0.3, 0.4) is 0 Å². The van der Waals surface area contributed by atoms with Gasteiger partial charge in [-0.2, -0.15) is 0 Å². The summed E-state index contributed by atoms with van der Waals surface area (Å²) in [5.41, 5.74) is 0. The summed E-state index contributed by atoms with van der Waals surface area (Å²) in [7, 11) is 0. The second kappa shape index (κ2) is 12.1. The Bertz CT molecular complexity index is 549. The normalized spacial score (nSPS) is 21.9. The third-order valence-electron chi connectivity index (χ3n) is 5.80. The second-order valence-electron chi connectivity index (χ2n) is 7.93. The largest absolute Gasteiger partial charge is 0.469 e. The first-order valence-electron chi connectivity index (χ1n) is 11.1. The Morgan fingerprint density at radius 1 is 1.25 bits per heavy atom. The van der Waals surface area contributed by atoms with Gasteiger partial charge in [-0.05, 0) is 50.7 Å². The van der Waals surface area contributed by atoms with Crippen LogP contribution in [0.2, 0.25) is 0 Å². The minimum Gasteiger partial charge on any atom is -0.469 e. The maximum atomic E-state index is 6.05. The molecule has 1 saturated heterocycles. The van der Waals surface area contributed by atoms with Gasteiger partial charge in [-0.15, -0.1) is 0 Å². The number of hydrogen-bond acceptors (Lipinski definition) is 4. The summed E-state index contributed by atoms with van der Waals surface area (Å²) >= 11 is 0. The van der Waals surface area contributed by atoms with Gasteiger partial charge in [0.15, 0.2) is 5.96 Å². The van der Waals surface area contributed by atoms with Crippen LogP contribution in [0.4, 0.5) is 0 Å². The van der Waals surface area contributed by atoms with Gasteiger partial charge in [0.05, 0.1) is 19.0 Å². The third kappa shape index (κ3) is 7.13. The van der Waals surface area contributed by atoms with Crippen LogP contribution >= 0.6 is 0 Å². The van der Waals surface area contributed by atoms with Crippen molar-refractivity contribution in [2.75, 3.05) is 39.5 Å². The standard InChI is InChI=1S/C22H37N3O3/c1-2-27-21(19-6-3-4-7-19)10-13-24-22(25-16-18-11-15-26-17-18)23-12-9-20-8-5-14-28-20/h5,8,14,18-19,21H,2-4,6-7,9-13,15-17H2,1H3,(H2,23,24,25). The van der Waals surface area contributed by atoms with Crippen molar-refractivity contribution >= 4 is 5.96 Å². The Morgan fingerprint density at radius 2 is 2.11 bits per heavy atom. The molecule has 2 atom stereocenters. The fourth-order valence-corrected chi connectivity index (χ4v) is 4.21. The van der Waals surface area contributed by atoms with Gasteiger partial charge in [0.2, 0.25) is 0 Å². The maximum absolute atomic E-state index is 6.05. The lowest BCUT2D eigenvalue weighted by atomic mass is 9.98. The molecule has 158 valence electrons. The molecule has 2 aliphatic rings. The molecule has 6 nitrogen and oxygen atoms in total. The Morgan fingerprint density at radius 3 is 2.82 bits per heavy atom. The lowest BCUT2D eigenvalue weighted by Crippen LogP contribution is -2.40. The molecule has 0 spiro atoms. The van der Waals surface area contributed by atoms with Gasteiger partial charge < -0.3 is 24.5 Å². The minimum absolute atomic E-state index is 0.368. The van der Waals surface area contributed by atoms with E-state index in [9.17, 15) is 0 Å². The molecule has 1 saturated carbocycles.